The molecule has 5 N–H and O–H groups in total. The molecule has 3 rings (SSSR count). The molecule has 0 aliphatic rings. The number of phenolic OH excluding ortho intramolecular Hbond substituents is 2. The second-order valence-electron chi connectivity index (χ2n) is 13.3. The number of unbranched alkanes of at least 4 members (excludes halogenated alkanes) is 5. The van der Waals surface area contributed by atoms with Crippen molar-refractivity contribution in [2.45, 2.75) is 103 Å². The van der Waals surface area contributed by atoms with Crippen LogP contribution in [0.2, 0.25) is 0 Å². The number of benzene rings is 3. The molecule has 0 fully saturated rings. The summed E-state index contributed by atoms with van der Waals surface area (Å²) in [4.78, 5) is 2.52. The number of nitrogens with zero attached hydrogens (tertiary/aromatic N) is 1. The molecule has 0 radical (unpaired) electrons. The fourth-order valence-corrected chi connectivity index (χ4v) is 6.86. The number of sulfonamides is 1. The van der Waals surface area contributed by atoms with Crippen LogP contribution >= 0.6 is 0 Å². The number of aryl methyl sites for hydroxylation is 1. The van der Waals surface area contributed by atoms with Gasteiger partial charge >= 0.3 is 0 Å². The van der Waals surface area contributed by atoms with Crippen LogP contribution in [-0.4, -0.2) is 66.6 Å². The number of aliphatic hydroxyl groups excluding tert-OH is 1. The zero-order chi connectivity index (χ0) is 34.4. The van der Waals surface area contributed by atoms with E-state index in [1.165, 1.54) is 29.7 Å². The van der Waals surface area contributed by atoms with Crippen molar-refractivity contribution < 1.29 is 23.7 Å². The highest BCUT2D eigenvalue weighted by molar-refractivity contribution is 7.92. The first-order valence-corrected chi connectivity index (χ1v) is 19.1. The van der Waals surface area contributed by atoms with Crippen LogP contribution in [0.5, 0.6) is 11.5 Å². The Morgan fingerprint density at radius 3 is 2.06 bits per heavy atom. The molecule has 0 heterocycles. The molecule has 0 saturated carbocycles. The number of hydrogen-bond acceptors (Lipinski definition) is 7. The average Bonchev–Trinajstić information content (AvgIpc) is 3.01. The lowest BCUT2D eigenvalue weighted by atomic mass is 9.86. The van der Waals surface area contributed by atoms with E-state index in [0.29, 0.717) is 29.9 Å². The molecule has 0 amide bonds. The third-order valence-electron chi connectivity index (χ3n) is 8.78. The van der Waals surface area contributed by atoms with Gasteiger partial charge in [0, 0.05) is 30.1 Å². The van der Waals surface area contributed by atoms with E-state index in [1.54, 1.807) is 6.07 Å². The maximum Gasteiger partial charge on any atom is 0.229 e. The maximum absolute atomic E-state index is 11.5. The quantitative estimate of drug-likeness (QED) is 0.0596. The second kappa shape index (κ2) is 19.0. The van der Waals surface area contributed by atoms with Crippen LogP contribution in [0, 0.1) is 0 Å². The molecule has 3 aromatic carbocycles. The standard InChI is InChI=1S/C38H57N3O5S/c1-28(2)41(29(3)4)24-22-33(31-16-12-10-13-17-31)34-25-30(18-20-36(34)42)15-11-8-6-7-9-14-23-39-27-38(44)32-19-21-37(43)35(26-32)40-47(5,45)46/h10,12-13,16-21,25-26,28-29,33,38-40,42-44H,6-9,11,14-15,22-24,27H2,1-5H3/t33-,38?/m1/s1. The molecule has 0 aliphatic carbocycles. The Hall–Kier alpha value is -3.11. The SMILES string of the molecule is CC(C)N(CC[C@H](c1ccccc1)c1cc(CCCCCCCCNCC(O)c2ccc(O)c(NS(C)(=O)=O)c2)ccc1O)C(C)C. The van der Waals surface area contributed by atoms with Crippen LogP contribution in [0.15, 0.2) is 66.7 Å². The first kappa shape index (κ1) is 38.3. The molecule has 0 bridgehead atoms. The normalized spacial score (nSPS) is 13.4. The molecule has 0 aromatic heterocycles. The van der Waals surface area contributed by atoms with Gasteiger partial charge < -0.3 is 20.6 Å². The largest absolute Gasteiger partial charge is 0.508 e. The molecule has 0 saturated heterocycles. The van der Waals surface area contributed by atoms with Gasteiger partial charge in [-0.15, -0.1) is 0 Å². The summed E-state index contributed by atoms with van der Waals surface area (Å²) in [7, 11) is -3.54. The zero-order valence-corrected chi connectivity index (χ0v) is 29.8. The smallest absolute Gasteiger partial charge is 0.229 e. The van der Waals surface area contributed by atoms with E-state index in [0.717, 1.165) is 69.9 Å². The van der Waals surface area contributed by atoms with E-state index < -0.39 is 16.1 Å². The van der Waals surface area contributed by atoms with E-state index in [1.807, 2.05) is 12.1 Å². The van der Waals surface area contributed by atoms with Crippen LogP contribution in [0.3, 0.4) is 0 Å². The number of hydrogen-bond donors (Lipinski definition) is 5. The van der Waals surface area contributed by atoms with Crippen LogP contribution in [0.25, 0.3) is 0 Å². The van der Waals surface area contributed by atoms with Crippen molar-refractivity contribution in [3.8, 4) is 11.5 Å². The summed E-state index contributed by atoms with van der Waals surface area (Å²) in [6.45, 7) is 11.1. The first-order chi connectivity index (χ1) is 22.4. The van der Waals surface area contributed by atoms with E-state index in [2.05, 4.69) is 79.0 Å². The summed E-state index contributed by atoms with van der Waals surface area (Å²) in [6.07, 6.45) is 8.87. The molecule has 8 nitrogen and oxygen atoms in total. The highest BCUT2D eigenvalue weighted by Crippen LogP contribution is 2.35. The van der Waals surface area contributed by atoms with Crippen molar-refractivity contribution >= 4 is 15.7 Å². The van der Waals surface area contributed by atoms with Crippen molar-refractivity contribution in [1.82, 2.24) is 10.2 Å². The van der Waals surface area contributed by atoms with E-state index in [4.69, 9.17) is 0 Å². The molecule has 260 valence electrons. The highest BCUT2D eigenvalue weighted by Gasteiger charge is 2.22. The van der Waals surface area contributed by atoms with Gasteiger partial charge in [0.05, 0.1) is 18.0 Å². The Labute approximate surface area is 283 Å². The van der Waals surface area contributed by atoms with Crippen molar-refractivity contribution in [3.63, 3.8) is 0 Å². The third-order valence-corrected chi connectivity index (χ3v) is 9.37. The number of rotatable bonds is 21. The molecule has 9 heteroatoms. The predicted octanol–water partition coefficient (Wildman–Crippen LogP) is 7.32. The van der Waals surface area contributed by atoms with Crippen molar-refractivity contribution in [2.24, 2.45) is 0 Å². The van der Waals surface area contributed by atoms with E-state index in [9.17, 15) is 23.7 Å². The van der Waals surface area contributed by atoms with Crippen LogP contribution in [-0.2, 0) is 16.4 Å². The lowest BCUT2D eigenvalue weighted by molar-refractivity contribution is 0.170. The minimum absolute atomic E-state index is 0.0570. The van der Waals surface area contributed by atoms with Crippen LogP contribution in [0.1, 0.15) is 107 Å². The number of anilines is 1. The monoisotopic (exact) mass is 667 g/mol. The maximum atomic E-state index is 11.5. The summed E-state index contributed by atoms with van der Waals surface area (Å²) in [5, 5.41) is 34.6. The summed E-state index contributed by atoms with van der Waals surface area (Å²) in [5.41, 5.74) is 4.13. The molecular formula is C38H57N3O5S. The van der Waals surface area contributed by atoms with Gasteiger partial charge in [-0.05, 0) is 101 Å². The van der Waals surface area contributed by atoms with Gasteiger partial charge in [-0.2, -0.15) is 0 Å². The number of aromatic hydroxyl groups is 2. The first-order valence-electron chi connectivity index (χ1n) is 17.2. The van der Waals surface area contributed by atoms with Gasteiger partial charge in [-0.3, -0.25) is 9.62 Å². The fraction of sp³-hybridized carbons (Fsp3) is 0.526. The molecule has 3 aromatic rings. The Balaban J connectivity index is 1.40. The van der Waals surface area contributed by atoms with Gasteiger partial charge in [0.15, 0.2) is 0 Å². The summed E-state index contributed by atoms with van der Waals surface area (Å²) >= 11 is 0. The minimum atomic E-state index is -3.54. The minimum Gasteiger partial charge on any atom is -0.508 e. The van der Waals surface area contributed by atoms with Gasteiger partial charge in [-0.1, -0.05) is 74.2 Å². The lowest BCUT2D eigenvalue weighted by Gasteiger charge is -2.32. The average molecular weight is 668 g/mol. The lowest BCUT2D eigenvalue weighted by Crippen LogP contribution is -2.38. The third kappa shape index (κ3) is 13.1. The number of aliphatic hydroxyl groups is 1. The molecule has 1 unspecified atom stereocenters. The second-order valence-corrected chi connectivity index (χ2v) is 15.1. The molecule has 2 atom stereocenters. The van der Waals surface area contributed by atoms with Crippen LogP contribution < -0.4 is 10.0 Å². The topological polar surface area (TPSA) is 122 Å². The Morgan fingerprint density at radius 1 is 0.766 bits per heavy atom. The number of phenols is 2. The van der Waals surface area contributed by atoms with E-state index in [-0.39, 0.29) is 17.4 Å². The molecular weight excluding hydrogens is 611 g/mol. The van der Waals surface area contributed by atoms with Crippen molar-refractivity contribution in [1.29, 1.82) is 0 Å². The van der Waals surface area contributed by atoms with Gasteiger partial charge in [0.25, 0.3) is 0 Å². The van der Waals surface area contributed by atoms with Gasteiger partial charge in [-0.25, -0.2) is 8.42 Å². The molecule has 0 spiro atoms. The van der Waals surface area contributed by atoms with Crippen molar-refractivity contribution in [2.75, 3.05) is 30.6 Å². The van der Waals surface area contributed by atoms with Crippen LogP contribution in [0.4, 0.5) is 5.69 Å². The predicted molar refractivity (Wildman–Crippen MR) is 194 cm³/mol. The zero-order valence-electron chi connectivity index (χ0n) is 29.0. The van der Waals surface area contributed by atoms with E-state index >= 15 is 0 Å². The fourth-order valence-electron chi connectivity index (χ4n) is 6.30. The van der Waals surface area contributed by atoms with Gasteiger partial charge in [0.1, 0.15) is 11.5 Å². The Morgan fingerprint density at radius 2 is 1.40 bits per heavy atom. The molecule has 0 aliphatic heterocycles. The Bertz CT molecular complexity index is 1460. The van der Waals surface area contributed by atoms with Crippen molar-refractivity contribution in [3.05, 3.63) is 89.0 Å². The van der Waals surface area contributed by atoms with Gasteiger partial charge in [0.2, 0.25) is 10.0 Å². The summed E-state index contributed by atoms with van der Waals surface area (Å²) in [6, 6.07) is 22.1. The molecule has 47 heavy (non-hydrogen) atoms. The summed E-state index contributed by atoms with van der Waals surface area (Å²) in [5.74, 6) is 0.331. The summed E-state index contributed by atoms with van der Waals surface area (Å²) < 4.78 is 25.3. The number of nitrogens with one attached hydrogen (secondary N) is 2. The highest BCUT2D eigenvalue weighted by atomic mass is 32.2. The Kier molecular flexibility index (Phi) is 15.5.